The normalized spacial score (nSPS) is 14.6. The first-order chi connectivity index (χ1) is 16.9. The fourth-order valence-corrected chi connectivity index (χ4v) is 5.89. The van der Waals surface area contributed by atoms with Crippen LogP contribution < -0.4 is 15.9 Å². The zero-order valence-corrected chi connectivity index (χ0v) is 24.5. The summed E-state index contributed by atoms with van der Waals surface area (Å²) < 4.78 is 0. The average molecular weight is 586 g/mol. The van der Waals surface area contributed by atoms with Crippen LogP contribution in [-0.2, 0) is 17.3 Å². The molecule has 35 heavy (non-hydrogen) atoms. The van der Waals surface area contributed by atoms with Crippen molar-refractivity contribution in [3.05, 3.63) is 146 Å². The van der Waals surface area contributed by atoms with Gasteiger partial charge in [0.05, 0.1) is 0 Å². The van der Waals surface area contributed by atoms with Crippen LogP contribution in [0.4, 0.5) is 0 Å². The van der Waals surface area contributed by atoms with Crippen LogP contribution in [0.1, 0.15) is 34.6 Å². The van der Waals surface area contributed by atoms with Gasteiger partial charge in [-0.1, -0.05) is 126 Å². The Morgan fingerprint density at radius 1 is 0.486 bits per heavy atom. The Bertz CT molecular complexity index is 800. The van der Waals surface area contributed by atoms with Gasteiger partial charge in [-0.2, -0.15) is 0 Å². The van der Waals surface area contributed by atoms with Crippen LogP contribution >= 0.6 is 17.6 Å². The van der Waals surface area contributed by atoms with E-state index in [9.17, 15) is 0 Å². The van der Waals surface area contributed by atoms with Crippen molar-refractivity contribution in [2.24, 2.45) is 0 Å². The minimum atomic E-state index is -0.446. The molecule has 0 amide bonds. The second-order valence-electron chi connectivity index (χ2n) is 7.85. The van der Waals surface area contributed by atoms with Gasteiger partial charge in [0.2, 0.25) is 0 Å². The number of hydrogen-bond donors (Lipinski definition) is 0. The van der Waals surface area contributed by atoms with E-state index in [1.165, 1.54) is 57.7 Å². The van der Waals surface area contributed by atoms with Gasteiger partial charge in [0.25, 0.3) is 0 Å². The van der Waals surface area contributed by atoms with Crippen molar-refractivity contribution >= 4 is 33.5 Å². The smallest absolute Gasteiger partial charge is 0.0134 e. The van der Waals surface area contributed by atoms with Gasteiger partial charge in [-0.05, 0) is 53.4 Å². The van der Waals surface area contributed by atoms with Crippen molar-refractivity contribution in [2.45, 2.75) is 34.6 Å². The van der Waals surface area contributed by atoms with Crippen molar-refractivity contribution in [1.29, 1.82) is 0 Å². The van der Waals surface area contributed by atoms with E-state index in [0.717, 1.165) is 0 Å². The van der Waals surface area contributed by atoms with Gasteiger partial charge in [0, 0.05) is 0 Å². The third-order valence-corrected chi connectivity index (χ3v) is 8.41. The molecule has 3 heteroatoms. The van der Waals surface area contributed by atoms with Crippen LogP contribution in [0, 0.1) is 42.7 Å². The summed E-state index contributed by atoms with van der Waals surface area (Å²) in [7, 11) is 4.12. The van der Waals surface area contributed by atoms with E-state index in [2.05, 4.69) is 135 Å². The van der Waals surface area contributed by atoms with Crippen molar-refractivity contribution in [2.75, 3.05) is 0 Å². The molecular formula is C32H34ClPRu+. The van der Waals surface area contributed by atoms with E-state index in [-0.39, 0.29) is 0 Å². The second-order valence-corrected chi connectivity index (χ2v) is 10.1. The topological polar surface area (TPSA) is 0 Å². The summed E-state index contributed by atoms with van der Waals surface area (Å²) >= 11 is 1.82. The van der Waals surface area contributed by atoms with E-state index in [1.807, 2.05) is 17.3 Å². The van der Waals surface area contributed by atoms with Crippen LogP contribution in [0.15, 0.2) is 103 Å². The molecule has 3 aromatic carbocycles. The van der Waals surface area contributed by atoms with Gasteiger partial charge in [0.1, 0.15) is 0 Å². The first-order valence-corrected chi connectivity index (χ1v) is 14.9. The van der Waals surface area contributed by atoms with Crippen molar-refractivity contribution in [3.63, 3.8) is 0 Å². The fourth-order valence-electron chi connectivity index (χ4n) is 3.58. The van der Waals surface area contributed by atoms with Crippen molar-refractivity contribution < 1.29 is 17.3 Å². The van der Waals surface area contributed by atoms with E-state index >= 15 is 0 Å². The summed E-state index contributed by atoms with van der Waals surface area (Å²) in [5.74, 6) is 7.34. The van der Waals surface area contributed by atoms with Crippen LogP contribution in [0.25, 0.3) is 0 Å². The van der Waals surface area contributed by atoms with E-state index < -0.39 is 7.92 Å². The third-order valence-electron chi connectivity index (χ3n) is 5.97. The standard InChI is InChI=1S/C18H15P.C10H15.C4H4.ClH.Ru/c1-4-10-16(11-5-1)19(17-12-6-2-7-13-17)18-14-8-3-9-15-18;1-6-7(2)9(4)10(5)8(6)3;1-3-4-2;;/h1-15H;1-5H3;1-4H;1H;/q;;-2;;+4/p-1. The van der Waals surface area contributed by atoms with Crippen LogP contribution in [0.5, 0.6) is 0 Å². The molecule has 0 aromatic heterocycles. The Kier molecular flexibility index (Phi) is 16.1. The molecule has 1 aliphatic carbocycles. The molecule has 4 rings (SSSR count). The predicted octanol–water partition coefficient (Wildman–Crippen LogP) is 8.07. The van der Waals surface area contributed by atoms with Crippen LogP contribution in [-0.4, -0.2) is 0 Å². The maximum atomic E-state index is 4.72. The molecule has 181 valence electrons. The summed E-state index contributed by atoms with van der Waals surface area (Å²) in [6.45, 7) is 20.4. The molecule has 0 aliphatic heterocycles. The summed E-state index contributed by atoms with van der Waals surface area (Å²) in [4.78, 5) is 0. The van der Waals surface area contributed by atoms with Gasteiger partial charge in [-0.15, -0.1) is 0 Å². The molecule has 5 radical (unpaired) electrons. The van der Waals surface area contributed by atoms with Gasteiger partial charge in [0.15, 0.2) is 0 Å². The summed E-state index contributed by atoms with van der Waals surface area (Å²) in [6, 6.07) is 32.3. The van der Waals surface area contributed by atoms with E-state index in [0.29, 0.717) is 0 Å². The molecule has 1 fully saturated rings. The van der Waals surface area contributed by atoms with Crippen LogP contribution in [0.3, 0.4) is 0 Å². The Morgan fingerprint density at radius 2 is 0.686 bits per heavy atom. The SMILES string of the molecule is C[C]1[C](C)[C](C)[C](C)[C]1C.[CH-]=CC=[CH-].[Cl][Ru+3].c1ccc(P(c2ccccc2)c2ccccc2)cc1. The predicted molar refractivity (Wildman–Crippen MR) is 153 cm³/mol. The zero-order chi connectivity index (χ0) is 26.2. The van der Waals surface area contributed by atoms with Crippen molar-refractivity contribution in [3.8, 4) is 0 Å². The Hall–Kier alpha value is -1.52. The molecule has 1 aliphatic rings. The Morgan fingerprint density at radius 3 is 0.857 bits per heavy atom. The van der Waals surface area contributed by atoms with Crippen molar-refractivity contribution in [1.82, 2.24) is 0 Å². The number of halogens is 1. The van der Waals surface area contributed by atoms with E-state index in [1.54, 1.807) is 0 Å². The molecule has 1 saturated carbocycles. The molecule has 0 atom stereocenters. The summed E-state index contributed by atoms with van der Waals surface area (Å²) in [5.41, 5.74) is 0. The third kappa shape index (κ3) is 9.81. The number of allylic oxidation sites excluding steroid dienone is 2. The maximum absolute atomic E-state index is 4.72. The van der Waals surface area contributed by atoms with Gasteiger partial charge in [-0.25, -0.2) is 0 Å². The monoisotopic (exact) mass is 586 g/mol. The maximum Gasteiger partial charge on any atom is -0.0134 e. The molecule has 0 unspecified atom stereocenters. The molecule has 0 bridgehead atoms. The largest absolute Gasteiger partial charge is 0.0622 e. The van der Waals surface area contributed by atoms with Crippen LogP contribution in [0.2, 0.25) is 0 Å². The molecule has 0 N–H and O–H groups in total. The van der Waals surface area contributed by atoms with E-state index in [4.69, 9.17) is 13.2 Å². The number of rotatable bonds is 4. The number of benzene rings is 3. The molecule has 0 nitrogen and oxygen atoms in total. The molecule has 3 aromatic rings. The number of hydrogen-bond acceptors (Lipinski definition) is 0. The minimum absolute atomic E-state index is 0.446. The molecule has 0 spiro atoms. The minimum Gasteiger partial charge on any atom is -0.0622 e. The van der Waals surface area contributed by atoms with Gasteiger partial charge in [-0.3, -0.25) is 0 Å². The van der Waals surface area contributed by atoms with Gasteiger partial charge >= 0.3 is 27.0 Å². The molecular weight excluding hydrogens is 552 g/mol. The molecule has 0 heterocycles. The van der Waals surface area contributed by atoms with Gasteiger partial charge < -0.3 is 25.3 Å². The first kappa shape index (κ1) is 31.5. The summed E-state index contributed by atoms with van der Waals surface area (Å²) in [6.07, 6.45) is 2.56. The fraction of sp³-hybridized carbons (Fsp3) is 0.156. The second kappa shape index (κ2) is 17.8. The molecule has 0 saturated heterocycles. The average Bonchev–Trinajstić information content (AvgIpc) is 3.10. The first-order valence-electron chi connectivity index (χ1n) is 11.3. The Balaban J connectivity index is 0.000000322. The zero-order valence-electron chi connectivity index (χ0n) is 21.1. The Labute approximate surface area is 230 Å². The summed E-state index contributed by atoms with van der Waals surface area (Å²) in [5, 5.41) is 4.19. The quantitative estimate of drug-likeness (QED) is 0.126.